The molecule has 108 valence electrons. The molecule has 0 aliphatic carbocycles. The summed E-state index contributed by atoms with van der Waals surface area (Å²) in [5, 5.41) is 13.1. The molecule has 1 fully saturated rings. The number of hydrogen-bond donors (Lipinski definition) is 2. The van der Waals surface area contributed by atoms with E-state index in [-0.39, 0.29) is 6.10 Å². The zero-order valence-corrected chi connectivity index (χ0v) is 12.0. The third-order valence-corrected chi connectivity index (χ3v) is 3.63. The van der Waals surface area contributed by atoms with Crippen LogP contribution in [-0.2, 0) is 4.74 Å². The molecule has 0 bridgehead atoms. The molecule has 0 spiro atoms. The molecule has 0 aromatic rings. The Labute approximate surface area is 112 Å². The van der Waals surface area contributed by atoms with Crippen molar-refractivity contribution < 1.29 is 9.84 Å². The number of likely N-dealkylation sites (tertiary alicyclic amines) is 1. The van der Waals surface area contributed by atoms with E-state index in [1.165, 1.54) is 45.3 Å². The molecule has 0 aromatic carbocycles. The molecule has 1 aliphatic rings. The minimum Gasteiger partial charge on any atom is -0.391 e. The van der Waals surface area contributed by atoms with E-state index in [1.807, 2.05) is 0 Å². The number of nitrogens with one attached hydrogen (secondary N) is 1. The average Bonchev–Trinajstić information content (AvgIpc) is 2.56. The molecule has 4 heteroatoms. The van der Waals surface area contributed by atoms with Crippen LogP contribution in [-0.4, -0.2) is 62.0 Å². The fourth-order valence-corrected chi connectivity index (χ4v) is 2.63. The lowest BCUT2D eigenvalue weighted by Crippen LogP contribution is -2.33. The summed E-state index contributed by atoms with van der Waals surface area (Å²) in [5.74, 6) is 0. The Hall–Kier alpha value is -0.160. The van der Waals surface area contributed by atoms with Gasteiger partial charge in [-0.25, -0.2) is 0 Å². The van der Waals surface area contributed by atoms with Crippen molar-refractivity contribution in [2.75, 3.05) is 39.9 Å². The molecule has 1 rings (SSSR count). The molecule has 0 radical (unpaired) electrons. The molecule has 2 N–H and O–H groups in total. The van der Waals surface area contributed by atoms with Crippen LogP contribution in [0.25, 0.3) is 0 Å². The van der Waals surface area contributed by atoms with Crippen molar-refractivity contribution >= 4 is 0 Å². The first kappa shape index (κ1) is 15.9. The molecule has 18 heavy (non-hydrogen) atoms. The Morgan fingerprint density at radius 3 is 2.94 bits per heavy atom. The summed E-state index contributed by atoms with van der Waals surface area (Å²) in [4.78, 5) is 2.57. The van der Waals surface area contributed by atoms with Gasteiger partial charge < -0.3 is 20.1 Å². The highest BCUT2D eigenvalue weighted by atomic mass is 16.5. The molecular weight excluding hydrogens is 228 g/mol. The fourth-order valence-electron chi connectivity index (χ4n) is 2.63. The topological polar surface area (TPSA) is 44.7 Å². The Bertz CT molecular complexity index is 202. The van der Waals surface area contributed by atoms with Crippen molar-refractivity contribution in [2.24, 2.45) is 0 Å². The number of methoxy groups -OCH3 is 1. The lowest BCUT2D eigenvalue weighted by molar-refractivity contribution is 0.0589. The maximum atomic E-state index is 9.57. The maximum absolute atomic E-state index is 9.57. The van der Waals surface area contributed by atoms with Gasteiger partial charge in [0.2, 0.25) is 0 Å². The van der Waals surface area contributed by atoms with Gasteiger partial charge in [-0.3, -0.25) is 0 Å². The van der Waals surface area contributed by atoms with Crippen molar-refractivity contribution in [1.29, 1.82) is 0 Å². The monoisotopic (exact) mass is 258 g/mol. The van der Waals surface area contributed by atoms with Gasteiger partial charge in [-0.2, -0.15) is 0 Å². The molecular formula is C14H30N2O2. The predicted octanol–water partition coefficient (Wildman–Crippen LogP) is 1.24. The minimum atomic E-state index is -0.329. The molecule has 0 amide bonds. The normalized spacial score (nSPS) is 23.8. The van der Waals surface area contributed by atoms with Crippen LogP contribution in [0.15, 0.2) is 0 Å². The number of ether oxygens (including phenoxy) is 1. The highest BCUT2D eigenvalue weighted by molar-refractivity contribution is 4.75. The second kappa shape index (κ2) is 9.73. The average molecular weight is 258 g/mol. The SMILES string of the molecule is CCCN1CCCC(NCCC(O)COC)CC1. The summed E-state index contributed by atoms with van der Waals surface area (Å²) in [6, 6.07) is 0.626. The fraction of sp³-hybridized carbons (Fsp3) is 1.00. The van der Waals surface area contributed by atoms with E-state index in [2.05, 4.69) is 17.1 Å². The van der Waals surface area contributed by atoms with E-state index in [4.69, 9.17) is 4.74 Å². The highest BCUT2D eigenvalue weighted by Gasteiger charge is 2.16. The van der Waals surface area contributed by atoms with Crippen LogP contribution >= 0.6 is 0 Å². The van der Waals surface area contributed by atoms with Crippen LogP contribution in [0.4, 0.5) is 0 Å². The Balaban J connectivity index is 2.11. The quantitative estimate of drug-likeness (QED) is 0.687. The van der Waals surface area contributed by atoms with Gasteiger partial charge in [0.25, 0.3) is 0 Å². The summed E-state index contributed by atoms with van der Waals surface area (Å²) in [6.45, 7) is 7.28. The second-order valence-corrected chi connectivity index (χ2v) is 5.32. The summed E-state index contributed by atoms with van der Waals surface area (Å²) in [5.41, 5.74) is 0. The Morgan fingerprint density at radius 2 is 2.22 bits per heavy atom. The standard InChI is InChI=1S/C14H30N2O2/c1-3-9-16-10-4-5-13(7-11-16)15-8-6-14(17)12-18-2/h13-15,17H,3-12H2,1-2H3. The van der Waals surface area contributed by atoms with Crippen LogP contribution in [0.5, 0.6) is 0 Å². The van der Waals surface area contributed by atoms with Crippen molar-refractivity contribution in [3.05, 3.63) is 0 Å². The first-order chi connectivity index (χ1) is 8.76. The lowest BCUT2D eigenvalue weighted by atomic mass is 10.1. The molecule has 0 aromatic heterocycles. The van der Waals surface area contributed by atoms with Crippen LogP contribution in [0, 0.1) is 0 Å². The molecule has 1 aliphatic heterocycles. The highest BCUT2D eigenvalue weighted by Crippen LogP contribution is 2.11. The van der Waals surface area contributed by atoms with E-state index in [0.29, 0.717) is 12.6 Å². The molecule has 0 saturated carbocycles. The Morgan fingerprint density at radius 1 is 1.39 bits per heavy atom. The van der Waals surface area contributed by atoms with E-state index in [9.17, 15) is 5.11 Å². The van der Waals surface area contributed by atoms with E-state index < -0.39 is 0 Å². The first-order valence-corrected chi connectivity index (χ1v) is 7.39. The lowest BCUT2D eigenvalue weighted by Gasteiger charge is -2.20. The largest absolute Gasteiger partial charge is 0.391 e. The van der Waals surface area contributed by atoms with Crippen molar-refractivity contribution in [3.8, 4) is 0 Å². The summed E-state index contributed by atoms with van der Waals surface area (Å²) in [7, 11) is 1.63. The zero-order valence-electron chi connectivity index (χ0n) is 12.0. The van der Waals surface area contributed by atoms with Gasteiger partial charge in [0.15, 0.2) is 0 Å². The van der Waals surface area contributed by atoms with Gasteiger partial charge in [0.1, 0.15) is 0 Å². The van der Waals surface area contributed by atoms with Crippen LogP contribution in [0.2, 0.25) is 0 Å². The van der Waals surface area contributed by atoms with Crippen LogP contribution in [0.1, 0.15) is 39.0 Å². The van der Waals surface area contributed by atoms with Crippen LogP contribution in [0.3, 0.4) is 0 Å². The number of rotatable bonds is 8. The minimum absolute atomic E-state index is 0.329. The summed E-state index contributed by atoms with van der Waals surface area (Å²) < 4.78 is 4.92. The zero-order chi connectivity index (χ0) is 13.2. The predicted molar refractivity (Wildman–Crippen MR) is 74.9 cm³/mol. The number of nitrogens with zero attached hydrogens (tertiary/aromatic N) is 1. The molecule has 2 atom stereocenters. The first-order valence-electron chi connectivity index (χ1n) is 7.39. The molecule has 4 nitrogen and oxygen atoms in total. The molecule has 2 unspecified atom stereocenters. The van der Waals surface area contributed by atoms with Crippen LogP contribution < -0.4 is 5.32 Å². The second-order valence-electron chi connectivity index (χ2n) is 5.32. The summed E-state index contributed by atoms with van der Waals surface area (Å²) >= 11 is 0. The number of hydrogen-bond acceptors (Lipinski definition) is 4. The Kier molecular flexibility index (Phi) is 8.59. The third kappa shape index (κ3) is 6.69. The smallest absolute Gasteiger partial charge is 0.0785 e. The van der Waals surface area contributed by atoms with Crippen molar-refractivity contribution in [2.45, 2.75) is 51.2 Å². The molecule has 1 heterocycles. The van der Waals surface area contributed by atoms with Crippen molar-refractivity contribution in [1.82, 2.24) is 10.2 Å². The van der Waals surface area contributed by atoms with Gasteiger partial charge in [-0.15, -0.1) is 0 Å². The van der Waals surface area contributed by atoms with Gasteiger partial charge >= 0.3 is 0 Å². The van der Waals surface area contributed by atoms with E-state index in [0.717, 1.165) is 13.0 Å². The number of aliphatic hydroxyl groups excluding tert-OH is 1. The van der Waals surface area contributed by atoms with Gasteiger partial charge in [-0.05, 0) is 58.3 Å². The summed E-state index contributed by atoms with van der Waals surface area (Å²) in [6.07, 6.45) is 5.49. The maximum Gasteiger partial charge on any atom is 0.0785 e. The van der Waals surface area contributed by atoms with Gasteiger partial charge in [0, 0.05) is 13.2 Å². The van der Waals surface area contributed by atoms with Gasteiger partial charge in [-0.1, -0.05) is 6.92 Å². The van der Waals surface area contributed by atoms with E-state index in [1.54, 1.807) is 7.11 Å². The molecule has 1 saturated heterocycles. The third-order valence-electron chi connectivity index (χ3n) is 3.63. The number of aliphatic hydroxyl groups is 1. The van der Waals surface area contributed by atoms with Crippen molar-refractivity contribution in [3.63, 3.8) is 0 Å². The van der Waals surface area contributed by atoms with E-state index >= 15 is 0 Å². The van der Waals surface area contributed by atoms with Gasteiger partial charge in [0.05, 0.1) is 12.7 Å².